The number of rotatable bonds is 6. The van der Waals surface area contributed by atoms with Gasteiger partial charge >= 0.3 is 0 Å². The van der Waals surface area contributed by atoms with E-state index in [1.807, 2.05) is 0 Å². The van der Waals surface area contributed by atoms with Gasteiger partial charge in [0.25, 0.3) is 5.69 Å². The first kappa shape index (κ1) is 19.8. The van der Waals surface area contributed by atoms with E-state index in [4.69, 9.17) is 0 Å². The fourth-order valence-electron chi connectivity index (χ4n) is 2.38. The Morgan fingerprint density at radius 2 is 1.37 bits per heavy atom. The molecule has 0 bridgehead atoms. The Morgan fingerprint density at radius 1 is 0.852 bits per heavy atom. The molecule has 0 aliphatic carbocycles. The SMILES string of the molecule is O=Cc1cc([N+](=O)[O-])ccc1[O-].c1ccc(C[NH2+]Cc2ccccc2)cc1. The highest BCUT2D eigenvalue weighted by Gasteiger charge is 2.05. The summed E-state index contributed by atoms with van der Waals surface area (Å²) in [4.78, 5) is 19.7. The van der Waals surface area contributed by atoms with Gasteiger partial charge in [0.1, 0.15) is 19.4 Å². The molecule has 0 aromatic heterocycles. The van der Waals surface area contributed by atoms with Crippen molar-refractivity contribution in [2.75, 3.05) is 0 Å². The van der Waals surface area contributed by atoms with Crippen molar-refractivity contribution in [3.63, 3.8) is 0 Å². The smallest absolute Gasteiger partial charge is 0.270 e. The minimum atomic E-state index is -0.660. The van der Waals surface area contributed by atoms with Crippen molar-refractivity contribution in [1.29, 1.82) is 0 Å². The molecule has 0 spiro atoms. The van der Waals surface area contributed by atoms with Crippen molar-refractivity contribution in [2.24, 2.45) is 0 Å². The normalized spacial score (nSPS) is 9.78. The van der Waals surface area contributed by atoms with Gasteiger partial charge in [-0.3, -0.25) is 14.9 Å². The average molecular weight is 364 g/mol. The van der Waals surface area contributed by atoms with Crippen molar-refractivity contribution in [2.45, 2.75) is 13.1 Å². The molecule has 3 rings (SSSR count). The van der Waals surface area contributed by atoms with E-state index in [1.54, 1.807) is 0 Å². The highest BCUT2D eigenvalue weighted by Crippen LogP contribution is 2.18. The number of nitro benzene ring substituents is 1. The quantitative estimate of drug-likeness (QED) is 0.412. The number of nitrogens with two attached hydrogens (primary N) is 1. The first-order valence-electron chi connectivity index (χ1n) is 8.40. The molecule has 0 saturated heterocycles. The molecule has 138 valence electrons. The summed E-state index contributed by atoms with van der Waals surface area (Å²) in [7, 11) is 0. The van der Waals surface area contributed by atoms with Crippen molar-refractivity contribution in [3.05, 3.63) is 106 Å². The molecule has 0 heterocycles. The van der Waals surface area contributed by atoms with Crippen LogP contribution in [0.15, 0.2) is 78.9 Å². The zero-order chi connectivity index (χ0) is 19.5. The van der Waals surface area contributed by atoms with Gasteiger partial charge in [-0.25, -0.2) is 0 Å². The lowest BCUT2D eigenvalue weighted by Gasteiger charge is -2.06. The van der Waals surface area contributed by atoms with Crippen molar-refractivity contribution in [3.8, 4) is 5.75 Å². The molecule has 3 aromatic rings. The predicted molar refractivity (Wildman–Crippen MR) is 100 cm³/mol. The number of hydrogen-bond acceptors (Lipinski definition) is 4. The van der Waals surface area contributed by atoms with Crippen LogP contribution in [-0.4, -0.2) is 11.2 Å². The Balaban J connectivity index is 0.000000199. The van der Waals surface area contributed by atoms with E-state index in [2.05, 4.69) is 66.0 Å². The molecule has 0 unspecified atom stereocenters. The molecular weight excluding hydrogens is 344 g/mol. The van der Waals surface area contributed by atoms with E-state index in [1.165, 1.54) is 11.1 Å². The number of non-ortho nitro benzene ring substituents is 1. The molecule has 6 nitrogen and oxygen atoms in total. The Bertz CT molecular complexity index is 828. The topological polar surface area (TPSA) is 99.9 Å². The van der Waals surface area contributed by atoms with E-state index < -0.39 is 10.7 Å². The molecule has 3 aromatic carbocycles. The molecule has 0 saturated carbocycles. The Labute approximate surface area is 157 Å². The molecule has 27 heavy (non-hydrogen) atoms. The van der Waals surface area contributed by atoms with Gasteiger partial charge < -0.3 is 10.4 Å². The fourth-order valence-corrected chi connectivity index (χ4v) is 2.38. The monoisotopic (exact) mass is 364 g/mol. The molecule has 0 atom stereocenters. The standard InChI is InChI=1S/C14H15N.C7H5NO4/c1-3-7-13(8-4-1)11-15-12-14-9-5-2-6-10-14;9-4-5-3-6(8(11)12)1-2-7(5)10/h1-10,15H,11-12H2;1-4,10H. The lowest BCUT2D eigenvalue weighted by Crippen LogP contribution is -2.80. The summed E-state index contributed by atoms with van der Waals surface area (Å²) in [5.74, 6) is -0.504. The summed E-state index contributed by atoms with van der Waals surface area (Å²) in [6, 6.07) is 24.2. The molecule has 0 radical (unpaired) electrons. The van der Waals surface area contributed by atoms with Crippen LogP contribution in [0.4, 0.5) is 5.69 Å². The second-order valence-electron chi connectivity index (χ2n) is 5.77. The highest BCUT2D eigenvalue weighted by molar-refractivity contribution is 5.80. The average Bonchev–Trinajstić information content (AvgIpc) is 2.70. The van der Waals surface area contributed by atoms with Crippen LogP contribution in [0.2, 0.25) is 0 Å². The number of carbonyl (C=O) groups excluding carboxylic acids is 1. The Morgan fingerprint density at radius 3 is 1.81 bits per heavy atom. The summed E-state index contributed by atoms with van der Waals surface area (Å²) >= 11 is 0. The number of quaternary nitrogens is 1. The van der Waals surface area contributed by atoms with Gasteiger partial charge in [0.15, 0.2) is 0 Å². The number of benzene rings is 3. The summed E-state index contributed by atoms with van der Waals surface area (Å²) in [5.41, 5.74) is 2.32. The van der Waals surface area contributed by atoms with E-state index in [-0.39, 0.29) is 11.3 Å². The number of carbonyl (C=O) groups is 1. The van der Waals surface area contributed by atoms with Gasteiger partial charge in [0.05, 0.1) is 4.92 Å². The predicted octanol–water partition coefficient (Wildman–Crippen LogP) is 2.43. The summed E-state index contributed by atoms with van der Waals surface area (Å²) in [5, 5.41) is 23.3. The number of hydrogen-bond donors (Lipinski definition) is 1. The minimum absolute atomic E-state index is 0.191. The fraction of sp³-hybridized carbons (Fsp3) is 0.0952. The minimum Gasteiger partial charge on any atom is -0.872 e. The van der Waals surface area contributed by atoms with Crippen molar-refractivity contribution < 1.29 is 20.1 Å². The summed E-state index contributed by atoms with van der Waals surface area (Å²) < 4.78 is 0. The molecular formula is C21H20N2O4. The second kappa shape index (κ2) is 10.5. The van der Waals surface area contributed by atoms with Gasteiger partial charge in [0.2, 0.25) is 0 Å². The third kappa shape index (κ3) is 6.72. The molecule has 0 aliphatic rings. The lowest BCUT2D eigenvalue weighted by molar-refractivity contribution is -0.686. The second-order valence-corrected chi connectivity index (χ2v) is 5.77. The van der Waals surface area contributed by atoms with Crippen LogP contribution < -0.4 is 10.4 Å². The summed E-state index contributed by atoms with van der Waals surface area (Å²) in [6.45, 7) is 2.10. The third-order valence-corrected chi connectivity index (χ3v) is 3.78. The molecule has 2 N–H and O–H groups in total. The Hall–Kier alpha value is -3.51. The van der Waals surface area contributed by atoms with Gasteiger partial charge in [-0.1, -0.05) is 72.5 Å². The number of nitro groups is 1. The zero-order valence-electron chi connectivity index (χ0n) is 14.7. The van der Waals surface area contributed by atoms with Gasteiger partial charge in [-0.2, -0.15) is 0 Å². The van der Waals surface area contributed by atoms with Crippen LogP contribution in [0.25, 0.3) is 0 Å². The van der Waals surface area contributed by atoms with Gasteiger partial charge in [-0.05, 0) is 0 Å². The maximum atomic E-state index is 10.8. The van der Waals surface area contributed by atoms with Crippen LogP contribution in [0.5, 0.6) is 5.75 Å². The van der Waals surface area contributed by atoms with E-state index in [0.29, 0.717) is 6.29 Å². The molecule has 0 amide bonds. The van der Waals surface area contributed by atoms with E-state index in [9.17, 15) is 20.0 Å². The van der Waals surface area contributed by atoms with Crippen LogP contribution in [0, 0.1) is 10.1 Å². The third-order valence-electron chi connectivity index (χ3n) is 3.78. The summed E-state index contributed by atoms with van der Waals surface area (Å²) in [6.07, 6.45) is 0.301. The molecule has 0 fully saturated rings. The van der Waals surface area contributed by atoms with E-state index >= 15 is 0 Å². The van der Waals surface area contributed by atoms with E-state index in [0.717, 1.165) is 31.3 Å². The zero-order valence-corrected chi connectivity index (χ0v) is 14.7. The van der Waals surface area contributed by atoms with Crippen LogP contribution >= 0.6 is 0 Å². The van der Waals surface area contributed by atoms with Crippen LogP contribution in [-0.2, 0) is 13.1 Å². The Kier molecular flexibility index (Phi) is 7.68. The first-order chi connectivity index (χ1) is 13.1. The lowest BCUT2D eigenvalue weighted by atomic mass is 10.2. The molecule has 0 aliphatic heterocycles. The maximum absolute atomic E-state index is 10.8. The van der Waals surface area contributed by atoms with Crippen molar-refractivity contribution in [1.82, 2.24) is 0 Å². The van der Waals surface area contributed by atoms with Crippen LogP contribution in [0.1, 0.15) is 21.5 Å². The van der Waals surface area contributed by atoms with Gasteiger partial charge in [-0.15, -0.1) is 0 Å². The maximum Gasteiger partial charge on any atom is 0.270 e. The van der Waals surface area contributed by atoms with Crippen molar-refractivity contribution >= 4 is 12.0 Å². The van der Waals surface area contributed by atoms with Crippen LogP contribution in [0.3, 0.4) is 0 Å². The highest BCUT2D eigenvalue weighted by atomic mass is 16.6. The largest absolute Gasteiger partial charge is 0.872 e. The first-order valence-corrected chi connectivity index (χ1v) is 8.40. The van der Waals surface area contributed by atoms with Gasteiger partial charge in [0, 0.05) is 28.8 Å². The molecule has 6 heteroatoms. The number of nitrogens with zero attached hydrogens (tertiary/aromatic N) is 1. The number of aldehydes is 1.